The summed E-state index contributed by atoms with van der Waals surface area (Å²) in [4.78, 5) is 8.31. The normalized spacial score (nSPS) is 15.7. The van der Waals surface area contributed by atoms with Crippen molar-refractivity contribution in [1.29, 1.82) is 0 Å². The first-order valence-corrected chi connectivity index (χ1v) is 10.0. The van der Waals surface area contributed by atoms with Crippen LogP contribution in [0.1, 0.15) is 12.8 Å². The van der Waals surface area contributed by atoms with Crippen LogP contribution in [0.15, 0.2) is 54.6 Å². The Bertz CT molecular complexity index is 842. The molecule has 4 heteroatoms. The zero-order chi connectivity index (χ0) is 18.6. The topological polar surface area (TPSA) is 34.3 Å². The van der Waals surface area contributed by atoms with Gasteiger partial charge in [0.15, 0.2) is 0 Å². The van der Waals surface area contributed by atoms with Gasteiger partial charge in [0.05, 0.1) is 0 Å². The van der Waals surface area contributed by atoms with Gasteiger partial charge in [-0.3, -0.25) is 0 Å². The fourth-order valence-corrected chi connectivity index (χ4v) is 3.93. The van der Waals surface area contributed by atoms with Crippen LogP contribution in [0, 0.1) is 0 Å². The van der Waals surface area contributed by atoms with E-state index in [1.54, 1.807) is 0 Å². The molecule has 0 amide bonds. The van der Waals surface area contributed by atoms with Gasteiger partial charge < -0.3 is 20.1 Å². The van der Waals surface area contributed by atoms with Crippen molar-refractivity contribution in [3.63, 3.8) is 0 Å². The van der Waals surface area contributed by atoms with Crippen molar-refractivity contribution in [1.82, 2.24) is 15.2 Å². The third kappa shape index (κ3) is 4.34. The van der Waals surface area contributed by atoms with E-state index in [2.05, 4.69) is 88.8 Å². The summed E-state index contributed by atoms with van der Waals surface area (Å²) in [5, 5.41) is 4.97. The van der Waals surface area contributed by atoms with E-state index in [-0.39, 0.29) is 0 Å². The van der Waals surface area contributed by atoms with Crippen LogP contribution in [0.4, 0.5) is 5.69 Å². The van der Waals surface area contributed by atoms with Crippen molar-refractivity contribution in [2.45, 2.75) is 18.9 Å². The molecule has 0 saturated carbocycles. The minimum Gasteiger partial charge on any atom is -0.371 e. The Morgan fingerprint density at radius 3 is 2.63 bits per heavy atom. The smallest absolute Gasteiger partial charge is 0.0465 e. The maximum Gasteiger partial charge on any atom is 0.0465 e. The second-order valence-corrected chi connectivity index (χ2v) is 7.84. The van der Waals surface area contributed by atoms with Crippen LogP contribution in [0.3, 0.4) is 0 Å². The first-order valence-electron chi connectivity index (χ1n) is 10.0. The summed E-state index contributed by atoms with van der Waals surface area (Å²) < 4.78 is 0. The van der Waals surface area contributed by atoms with Crippen LogP contribution >= 0.6 is 0 Å². The highest BCUT2D eigenvalue weighted by atomic mass is 15.2. The van der Waals surface area contributed by atoms with E-state index in [1.807, 2.05) is 0 Å². The first-order chi connectivity index (χ1) is 13.2. The van der Waals surface area contributed by atoms with Gasteiger partial charge in [0.2, 0.25) is 0 Å². The number of aromatic nitrogens is 1. The predicted octanol–water partition coefficient (Wildman–Crippen LogP) is 3.95. The number of nitrogens with one attached hydrogen (secondary N) is 2. The number of aromatic amines is 1. The molecule has 4 nitrogen and oxygen atoms in total. The molecule has 1 aliphatic heterocycles. The Balaban J connectivity index is 1.41. The van der Waals surface area contributed by atoms with Gasteiger partial charge in [0.1, 0.15) is 0 Å². The standard InChI is InChI=1S/C23H30N4/c1-26(2)15-12-24-20-10-13-27(14-11-20)21-8-5-7-18(16-21)23-17-19-6-3-4-9-22(19)25-23/h3-9,16-17,20,24-25H,10-15H2,1-2H3. The molecule has 1 aromatic heterocycles. The molecule has 2 heterocycles. The average Bonchev–Trinajstić information content (AvgIpc) is 3.13. The third-order valence-electron chi connectivity index (χ3n) is 5.54. The highest BCUT2D eigenvalue weighted by molar-refractivity contribution is 5.86. The number of piperidine rings is 1. The lowest BCUT2D eigenvalue weighted by Crippen LogP contribution is -2.44. The number of para-hydroxylation sites is 1. The van der Waals surface area contributed by atoms with Gasteiger partial charge in [-0.05, 0) is 56.8 Å². The first kappa shape index (κ1) is 18.1. The van der Waals surface area contributed by atoms with E-state index in [0.717, 1.165) is 26.2 Å². The van der Waals surface area contributed by atoms with Gasteiger partial charge in [-0.2, -0.15) is 0 Å². The lowest BCUT2D eigenvalue weighted by atomic mass is 10.0. The number of H-pyrrole nitrogens is 1. The highest BCUT2D eigenvalue weighted by Crippen LogP contribution is 2.28. The van der Waals surface area contributed by atoms with Crippen LogP contribution in [-0.4, -0.2) is 56.2 Å². The number of anilines is 1. The Hall–Kier alpha value is -2.30. The maximum atomic E-state index is 3.70. The van der Waals surface area contributed by atoms with Gasteiger partial charge in [-0.15, -0.1) is 0 Å². The molecule has 142 valence electrons. The molecule has 0 radical (unpaired) electrons. The van der Waals surface area contributed by atoms with Crippen molar-refractivity contribution in [2.24, 2.45) is 0 Å². The van der Waals surface area contributed by atoms with Crippen molar-refractivity contribution in [2.75, 3.05) is 45.2 Å². The number of hydrogen-bond acceptors (Lipinski definition) is 3. The van der Waals surface area contributed by atoms with Gasteiger partial charge in [-0.25, -0.2) is 0 Å². The minimum absolute atomic E-state index is 0.651. The molecule has 2 aromatic carbocycles. The Morgan fingerprint density at radius 2 is 1.85 bits per heavy atom. The van der Waals surface area contributed by atoms with Crippen molar-refractivity contribution >= 4 is 16.6 Å². The molecular formula is C23H30N4. The van der Waals surface area contributed by atoms with Gasteiger partial charge >= 0.3 is 0 Å². The summed E-state index contributed by atoms with van der Waals surface area (Å²) in [5.74, 6) is 0. The number of nitrogens with zero attached hydrogens (tertiary/aromatic N) is 2. The maximum absolute atomic E-state index is 3.70. The molecule has 0 bridgehead atoms. The van der Waals surface area contributed by atoms with E-state index in [0.29, 0.717) is 6.04 Å². The zero-order valence-corrected chi connectivity index (χ0v) is 16.4. The van der Waals surface area contributed by atoms with Crippen molar-refractivity contribution < 1.29 is 0 Å². The fourth-order valence-electron chi connectivity index (χ4n) is 3.93. The summed E-state index contributed by atoms with van der Waals surface area (Å²) in [7, 11) is 4.26. The summed E-state index contributed by atoms with van der Waals surface area (Å²) in [5.41, 5.74) is 4.98. The summed E-state index contributed by atoms with van der Waals surface area (Å²) in [6.07, 6.45) is 2.42. The van der Waals surface area contributed by atoms with E-state index in [9.17, 15) is 0 Å². The molecule has 0 unspecified atom stereocenters. The van der Waals surface area contributed by atoms with Gasteiger partial charge in [0, 0.05) is 54.5 Å². The van der Waals surface area contributed by atoms with Gasteiger partial charge in [0.25, 0.3) is 0 Å². The molecule has 0 aliphatic carbocycles. The molecule has 27 heavy (non-hydrogen) atoms. The number of likely N-dealkylation sites (N-methyl/N-ethyl adjacent to an activating group) is 1. The molecule has 3 aromatic rings. The highest BCUT2D eigenvalue weighted by Gasteiger charge is 2.19. The Morgan fingerprint density at radius 1 is 1.04 bits per heavy atom. The third-order valence-corrected chi connectivity index (χ3v) is 5.54. The van der Waals surface area contributed by atoms with E-state index >= 15 is 0 Å². The molecule has 2 N–H and O–H groups in total. The van der Waals surface area contributed by atoms with Crippen molar-refractivity contribution in [3.05, 3.63) is 54.6 Å². The fraction of sp³-hybridized carbons (Fsp3) is 0.391. The molecule has 1 saturated heterocycles. The largest absolute Gasteiger partial charge is 0.371 e. The van der Waals surface area contributed by atoms with E-state index in [1.165, 1.54) is 40.7 Å². The van der Waals surface area contributed by atoms with Crippen LogP contribution in [-0.2, 0) is 0 Å². The molecular weight excluding hydrogens is 332 g/mol. The second-order valence-electron chi connectivity index (χ2n) is 7.84. The monoisotopic (exact) mass is 362 g/mol. The zero-order valence-electron chi connectivity index (χ0n) is 16.4. The molecule has 0 atom stereocenters. The summed E-state index contributed by atoms with van der Waals surface area (Å²) >= 11 is 0. The van der Waals surface area contributed by atoms with Crippen LogP contribution < -0.4 is 10.2 Å². The Kier molecular flexibility index (Phi) is 5.46. The molecule has 0 spiro atoms. The van der Waals surface area contributed by atoms with Crippen molar-refractivity contribution in [3.8, 4) is 11.3 Å². The SMILES string of the molecule is CN(C)CCNC1CCN(c2cccc(-c3cc4ccccc4[nH]3)c2)CC1. The van der Waals surface area contributed by atoms with Crippen LogP contribution in [0.25, 0.3) is 22.2 Å². The lowest BCUT2D eigenvalue weighted by Gasteiger charge is -2.34. The average molecular weight is 363 g/mol. The van der Waals surface area contributed by atoms with Crippen LogP contribution in [0.5, 0.6) is 0 Å². The minimum atomic E-state index is 0.651. The van der Waals surface area contributed by atoms with Crippen LogP contribution in [0.2, 0.25) is 0 Å². The number of fused-ring (bicyclic) bond motifs is 1. The van der Waals surface area contributed by atoms with E-state index < -0.39 is 0 Å². The number of benzene rings is 2. The predicted molar refractivity (Wildman–Crippen MR) is 116 cm³/mol. The quantitative estimate of drug-likeness (QED) is 0.697. The molecule has 1 fully saturated rings. The molecule has 1 aliphatic rings. The molecule has 4 rings (SSSR count). The Labute approximate surface area is 162 Å². The number of rotatable bonds is 6. The lowest BCUT2D eigenvalue weighted by molar-refractivity contribution is 0.359. The van der Waals surface area contributed by atoms with E-state index in [4.69, 9.17) is 0 Å². The number of hydrogen-bond donors (Lipinski definition) is 2. The summed E-state index contributed by atoms with van der Waals surface area (Å²) in [6, 6.07) is 20.3. The second kappa shape index (κ2) is 8.15. The van der Waals surface area contributed by atoms with Gasteiger partial charge in [-0.1, -0.05) is 30.3 Å². The summed E-state index contributed by atoms with van der Waals surface area (Å²) in [6.45, 7) is 4.42.